The van der Waals surface area contributed by atoms with Gasteiger partial charge in [0.25, 0.3) is 5.91 Å². The summed E-state index contributed by atoms with van der Waals surface area (Å²) in [6, 6.07) is 19.7. The van der Waals surface area contributed by atoms with E-state index in [2.05, 4.69) is 10.2 Å². The van der Waals surface area contributed by atoms with Crippen molar-refractivity contribution in [2.24, 2.45) is 0 Å². The molecule has 0 unspecified atom stereocenters. The Hall–Kier alpha value is -3.73. The number of amides is 1. The SMILES string of the molecule is CN(C)c1ccc(C(=O)O)cc1-c1ccc(C(=O)Nc2ccc(CN3CCN(S(C)(=O)=O)CC3)cc2)cc1. The highest BCUT2D eigenvalue weighted by atomic mass is 32.2. The number of anilines is 2. The first-order valence-electron chi connectivity index (χ1n) is 12.2. The lowest BCUT2D eigenvalue weighted by Gasteiger charge is -2.33. The molecule has 1 fully saturated rings. The van der Waals surface area contributed by atoms with Crippen molar-refractivity contribution in [3.05, 3.63) is 83.4 Å². The third-order valence-electron chi connectivity index (χ3n) is 6.60. The summed E-state index contributed by atoms with van der Waals surface area (Å²) >= 11 is 0. The Labute approximate surface area is 223 Å². The Morgan fingerprint density at radius 1 is 0.895 bits per heavy atom. The molecule has 1 aliphatic heterocycles. The van der Waals surface area contributed by atoms with Crippen LogP contribution in [0, 0.1) is 0 Å². The number of nitrogens with zero attached hydrogens (tertiary/aromatic N) is 3. The maximum Gasteiger partial charge on any atom is 0.335 e. The summed E-state index contributed by atoms with van der Waals surface area (Å²) in [6.45, 7) is 3.06. The average Bonchev–Trinajstić information content (AvgIpc) is 2.89. The van der Waals surface area contributed by atoms with Crippen LogP contribution in [0.15, 0.2) is 66.7 Å². The molecule has 1 saturated heterocycles. The minimum atomic E-state index is -3.15. The molecular formula is C28H32N4O5S. The number of carbonyl (C=O) groups excluding carboxylic acids is 1. The summed E-state index contributed by atoms with van der Waals surface area (Å²) in [4.78, 5) is 28.4. The molecule has 1 amide bonds. The molecule has 0 aliphatic carbocycles. The monoisotopic (exact) mass is 536 g/mol. The van der Waals surface area contributed by atoms with E-state index in [-0.39, 0.29) is 11.5 Å². The van der Waals surface area contributed by atoms with Gasteiger partial charge in [-0.1, -0.05) is 24.3 Å². The molecule has 0 spiro atoms. The molecule has 10 heteroatoms. The van der Waals surface area contributed by atoms with Gasteiger partial charge < -0.3 is 15.3 Å². The van der Waals surface area contributed by atoms with E-state index < -0.39 is 16.0 Å². The average molecular weight is 537 g/mol. The number of sulfonamides is 1. The number of carboxylic acids is 1. The van der Waals surface area contributed by atoms with Crippen LogP contribution in [0.4, 0.5) is 11.4 Å². The highest BCUT2D eigenvalue weighted by Gasteiger charge is 2.23. The Morgan fingerprint density at radius 3 is 2.05 bits per heavy atom. The number of hydrogen-bond acceptors (Lipinski definition) is 6. The van der Waals surface area contributed by atoms with Gasteiger partial charge in [0.1, 0.15) is 0 Å². The van der Waals surface area contributed by atoms with E-state index in [4.69, 9.17) is 0 Å². The van der Waals surface area contributed by atoms with Gasteiger partial charge in [-0.15, -0.1) is 0 Å². The van der Waals surface area contributed by atoms with Crippen LogP contribution in [0.3, 0.4) is 0 Å². The van der Waals surface area contributed by atoms with E-state index in [1.807, 2.05) is 55.4 Å². The second-order valence-electron chi connectivity index (χ2n) is 9.60. The van der Waals surface area contributed by atoms with E-state index >= 15 is 0 Å². The van der Waals surface area contributed by atoms with Gasteiger partial charge >= 0.3 is 5.97 Å². The molecule has 1 aliphatic rings. The number of rotatable bonds is 8. The van der Waals surface area contributed by atoms with Gasteiger partial charge in [0.05, 0.1) is 11.8 Å². The van der Waals surface area contributed by atoms with Crippen LogP contribution in [0.2, 0.25) is 0 Å². The van der Waals surface area contributed by atoms with Crippen molar-refractivity contribution >= 4 is 33.3 Å². The molecule has 3 aromatic rings. The molecule has 0 atom stereocenters. The summed E-state index contributed by atoms with van der Waals surface area (Å²) in [7, 11) is 0.642. The zero-order valence-electron chi connectivity index (χ0n) is 21.7. The molecule has 9 nitrogen and oxygen atoms in total. The van der Waals surface area contributed by atoms with E-state index in [0.717, 1.165) is 22.4 Å². The van der Waals surface area contributed by atoms with Gasteiger partial charge in [-0.2, -0.15) is 4.31 Å². The predicted octanol–water partition coefficient (Wildman–Crippen LogP) is 3.45. The van der Waals surface area contributed by atoms with Crippen molar-refractivity contribution in [1.29, 1.82) is 0 Å². The number of piperazine rings is 1. The Kier molecular flexibility index (Phi) is 8.15. The minimum Gasteiger partial charge on any atom is -0.478 e. The van der Waals surface area contributed by atoms with E-state index in [9.17, 15) is 23.1 Å². The molecule has 38 heavy (non-hydrogen) atoms. The van der Waals surface area contributed by atoms with E-state index in [1.54, 1.807) is 30.3 Å². The summed E-state index contributed by atoms with van der Waals surface area (Å²) in [5, 5.41) is 12.3. The second-order valence-corrected chi connectivity index (χ2v) is 11.6. The summed E-state index contributed by atoms with van der Waals surface area (Å²) in [5.41, 5.74) is 4.92. The fourth-order valence-electron chi connectivity index (χ4n) is 4.47. The third kappa shape index (κ3) is 6.58. The number of carbonyl (C=O) groups is 2. The molecule has 0 aromatic heterocycles. The van der Waals surface area contributed by atoms with Crippen LogP contribution in [0.1, 0.15) is 26.3 Å². The number of benzene rings is 3. The lowest BCUT2D eigenvalue weighted by atomic mass is 9.99. The van der Waals surface area contributed by atoms with Gasteiger partial charge in [-0.3, -0.25) is 9.69 Å². The normalized spacial score (nSPS) is 14.7. The van der Waals surface area contributed by atoms with Crippen molar-refractivity contribution in [1.82, 2.24) is 9.21 Å². The first kappa shape index (κ1) is 27.3. The van der Waals surface area contributed by atoms with Gasteiger partial charge in [-0.05, 0) is 53.6 Å². The molecular weight excluding hydrogens is 504 g/mol. The van der Waals surface area contributed by atoms with Crippen molar-refractivity contribution in [3.63, 3.8) is 0 Å². The maximum absolute atomic E-state index is 12.8. The van der Waals surface area contributed by atoms with Crippen molar-refractivity contribution in [2.45, 2.75) is 6.54 Å². The first-order valence-corrected chi connectivity index (χ1v) is 14.1. The van der Waals surface area contributed by atoms with E-state index in [0.29, 0.717) is 44.0 Å². The van der Waals surface area contributed by atoms with E-state index in [1.165, 1.54) is 10.6 Å². The molecule has 0 radical (unpaired) electrons. The lowest BCUT2D eigenvalue weighted by Crippen LogP contribution is -2.47. The molecule has 2 N–H and O–H groups in total. The van der Waals surface area contributed by atoms with Gasteiger partial charge in [-0.25, -0.2) is 13.2 Å². The van der Waals surface area contributed by atoms with Gasteiger partial charge in [0, 0.05) is 69.3 Å². The highest BCUT2D eigenvalue weighted by molar-refractivity contribution is 7.88. The van der Waals surface area contributed by atoms with Crippen LogP contribution in [0.5, 0.6) is 0 Å². The number of hydrogen-bond donors (Lipinski definition) is 2. The quantitative estimate of drug-likeness (QED) is 0.454. The maximum atomic E-state index is 12.8. The molecule has 200 valence electrons. The lowest BCUT2D eigenvalue weighted by molar-refractivity contribution is 0.0696. The topological polar surface area (TPSA) is 110 Å². The number of carboxylic acid groups (broad SMARTS) is 1. The number of aromatic carboxylic acids is 1. The second kappa shape index (κ2) is 11.3. The number of nitrogens with one attached hydrogen (secondary N) is 1. The third-order valence-corrected chi connectivity index (χ3v) is 7.90. The van der Waals surface area contributed by atoms with Crippen LogP contribution < -0.4 is 10.2 Å². The van der Waals surface area contributed by atoms with Crippen LogP contribution >= 0.6 is 0 Å². The fraction of sp³-hybridized carbons (Fsp3) is 0.286. The first-order chi connectivity index (χ1) is 18.0. The zero-order valence-corrected chi connectivity index (χ0v) is 22.5. The predicted molar refractivity (Wildman–Crippen MR) is 149 cm³/mol. The van der Waals surface area contributed by atoms with Crippen molar-refractivity contribution in [3.8, 4) is 11.1 Å². The summed E-state index contributed by atoms with van der Waals surface area (Å²) < 4.78 is 24.9. The molecule has 0 saturated carbocycles. The molecule has 3 aromatic carbocycles. The largest absolute Gasteiger partial charge is 0.478 e. The van der Waals surface area contributed by atoms with Gasteiger partial charge in [0.2, 0.25) is 10.0 Å². The highest BCUT2D eigenvalue weighted by Crippen LogP contribution is 2.31. The van der Waals surface area contributed by atoms with Crippen molar-refractivity contribution in [2.75, 3.05) is 56.7 Å². The Balaban J connectivity index is 1.38. The minimum absolute atomic E-state index is 0.201. The Morgan fingerprint density at radius 2 is 1.50 bits per heavy atom. The van der Waals surface area contributed by atoms with Crippen molar-refractivity contribution < 1.29 is 23.1 Å². The molecule has 1 heterocycles. The smallest absolute Gasteiger partial charge is 0.335 e. The van der Waals surface area contributed by atoms with Gasteiger partial charge in [0.15, 0.2) is 0 Å². The van der Waals surface area contributed by atoms with Crippen LogP contribution in [-0.2, 0) is 16.6 Å². The molecule has 4 rings (SSSR count). The summed E-state index contributed by atoms with van der Waals surface area (Å²) in [5.74, 6) is -1.23. The zero-order chi connectivity index (χ0) is 27.4. The Bertz CT molecular complexity index is 1410. The fourth-order valence-corrected chi connectivity index (χ4v) is 5.29. The van der Waals surface area contributed by atoms with Crippen LogP contribution in [-0.4, -0.2) is 81.1 Å². The van der Waals surface area contributed by atoms with Crippen LogP contribution in [0.25, 0.3) is 11.1 Å². The molecule has 0 bridgehead atoms. The summed E-state index contributed by atoms with van der Waals surface area (Å²) in [6.07, 6.45) is 1.24. The standard InChI is InChI=1S/C28H32N4O5S/c1-30(2)26-13-10-23(28(34)35)18-25(26)21-6-8-22(9-7-21)27(33)29-24-11-4-20(5-12-24)19-31-14-16-32(17-15-31)38(3,36)37/h4-13,18H,14-17,19H2,1-3H3,(H,29,33)(H,34,35).